The fourth-order valence-corrected chi connectivity index (χ4v) is 3.98. The summed E-state index contributed by atoms with van der Waals surface area (Å²) >= 11 is 0. The summed E-state index contributed by atoms with van der Waals surface area (Å²) in [5.74, 6) is 1.13. The molecule has 0 N–H and O–H groups in total. The maximum atomic E-state index is 12.6. The lowest BCUT2D eigenvalue weighted by molar-refractivity contribution is -0.131. The van der Waals surface area contributed by atoms with Crippen LogP contribution in [0.25, 0.3) is 11.3 Å². The van der Waals surface area contributed by atoms with Crippen LogP contribution in [0.4, 0.5) is 5.82 Å². The van der Waals surface area contributed by atoms with Crippen LogP contribution in [-0.2, 0) is 11.2 Å². The molecule has 2 aromatic carbocycles. The second-order valence-electron chi connectivity index (χ2n) is 8.28. The van der Waals surface area contributed by atoms with Crippen molar-refractivity contribution in [1.29, 1.82) is 0 Å². The van der Waals surface area contributed by atoms with Crippen LogP contribution in [0.15, 0.2) is 60.7 Å². The van der Waals surface area contributed by atoms with Gasteiger partial charge in [0.2, 0.25) is 5.91 Å². The predicted octanol–water partition coefficient (Wildman–Crippen LogP) is 4.43. The van der Waals surface area contributed by atoms with Crippen LogP contribution in [0.1, 0.15) is 29.5 Å². The van der Waals surface area contributed by atoms with E-state index >= 15 is 0 Å². The highest BCUT2D eigenvalue weighted by atomic mass is 16.2. The molecule has 0 radical (unpaired) electrons. The zero-order valence-corrected chi connectivity index (χ0v) is 18.4. The molecule has 1 aliphatic heterocycles. The van der Waals surface area contributed by atoms with E-state index in [1.807, 2.05) is 35.2 Å². The molecule has 31 heavy (non-hydrogen) atoms. The van der Waals surface area contributed by atoms with Crippen molar-refractivity contribution in [3.63, 3.8) is 0 Å². The average Bonchev–Trinajstić information content (AvgIpc) is 2.82. The molecule has 0 bridgehead atoms. The first-order valence-corrected chi connectivity index (χ1v) is 11.1. The van der Waals surface area contributed by atoms with E-state index in [1.54, 1.807) is 0 Å². The van der Waals surface area contributed by atoms with Crippen LogP contribution in [0.2, 0.25) is 0 Å². The molecule has 5 nitrogen and oxygen atoms in total. The van der Waals surface area contributed by atoms with Crippen molar-refractivity contribution in [2.45, 2.75) is 33.1 Å². The number of carbonyl (C=O) groups is 1. The first-order valence-electron chi connectivity index (χ1n) is 11.1. The molecule has 5 heteroatoms. The highest BCUT2D eigenvalue weighted by Crippen LogP contribution is 2.22. The summed E-state index contributed by atoms with van der Waals surface area (Å²) in [4.78, 5) is 16.8. The van der Waals surface area contributed by atoms with Gasteiger partial charge in [0.15, 0.2) is 5.82 Å². The normalized spacial score (nSPS) is 14.0. The molecule has 1 aliphatic rings. The molecule has 0 atom stereocenters. The van der Waals surface area contributed by atoms with Crippen molar-refractivity contribution < 1.29 is 4.79 Å². The zero-order chi connectivity index (χ0) is 21.6. The largest absolute Gasteiger partial charge is 0.352 e. The monoisotopic (exact) mass is 414 g/mol. The van der Waals surface area contributed by atoms with Crippen LogP contribution in [0.5, 0.6) is 0 Å². The van der Waals surface area contributed by atoms with Gasteiger partial charge in [0.1, 0.15) is 0 Å². The number of piperazine rings is 1. The number of hydrogen-bond acceptors (Lipinski definition) is 4. The lowest BCUT2D eigenvalue weighted by atomic mass is 10.0. The minimum absolute atomic E-state index is 0.256. The van der Waals surface area contributed by atoms with Gasteiger partial charge in [0.25, 0.3) is 0 Å². The number of carbonyl (C=O) groups excluding carboxylic acids is 1. The second kappa shape index (κ2) is 9.73. The van der Waals surface area contributed by atoms with Crippen LogP contribution in [0.3, 0.4) is 0 Å². The van der Waals surface area contributed by atoms with Gasteiger partial charge in [-0.3, -0.25) is 4.79 Å². The van der Waals surface area contributed by atoms with Gasteiger partial charge in [-0.2, -0.15) is 0 Å². The molecule has 0 saturated carbocycles. The molecule has 1 amide bonds. The fourth-order valence-electron chi connectivity index (χ4n) is 3.98. The number of hydrogen-bond donors (Lipinski definition) is 0. The van der Waals surface area contributed by atoms with Gasteiger partial charge >= 0.3 is 0 Å². The summed E-state index contributed by atoms with van der Waals surface area (Å²) in [7, 11) is 0. The number of anilines is 1. The third kappa shape index (κ3) is 5.29. The predicted molar refractivity (Wildman–Crippen MR) is 125 cm³/mol. The molecule has 3 aromatic rings. The van der Waals surface area contributed by atoms with Crippen LogP contribution >= 0.6 is 0 Å². The zero-order valence-electron chi connectivity index (χ0n) is 18.4. The maximum Gasteiger partial charge on any atom is 0.222 e. The lowest BCUT2D eigenvalue weighted by Gasteiger charge is -2.35. The quantitative estimate of drug-likeness (QED) is 0.599. The highest BCUT2D eigenvalue weighted by Gasteiger charge is 2.21. The number of amides is 1. The molecule has 0 spiro atoms. The van der Waals surface area contributed by atoms with Crippen molar-refractivity contribution in [1.82, 2.24) is 15.1 Å². The molecule has 0 unspecified atom stereocenters. The Morgan fingerprint density at radius 1 is 0.871 bits per heavy atom. The summed E-state index contributed by atoms with van der Waals surface area (Å²) in [5.41, 5.74) is 5.81. The first kappa shape index (κ1) is 21.0. The number of aryl methyl sites for hydroxylation is 3. The number of nitrogens with zero attached hydrogens (tertiary/aromatic N) is 4. The Morgan fingerprint density at radius 2 is 1.65 bits per heavy atom. The number of rotatable bonds is 6. The van der Waals surface area contributed by atoms with Gasteiger partial charge in [-0.15, -0.1) is 10.2 Å². The summed E-state index contributed by atoms with van der Waals surface area (Å²) in [6.07, 6.45) is 2.46. The molecular formula is C26H30N4O. The Hall–Kier alpha value is -3.21. The van der Waals surface area contributed by atoms with Gasteiger partial charge in [0, 0.05) is 38.2 Å². The van der Waals surface area contributed by atoms with Crippen molar-refractivity contribution in [2.24, 2.45) is 0 Å². The standard InChI is InChI=1S/C26H30N4O/c1-20-11-12-23(19-21(20)2)24-13-14-25(28-27-24)29-15-17-30(18-16-29)26(31)10-6-9-22-7-4-3-5-8-22/h3-5,7-8,11-14,19H,6,9-10,15-18H2,1-2H3. The SMILES string of the molecule is Cc1ccc(-c2ccc(N3CCN(C(=O)CCCc4ccccc4)CC3)nn2)cc1C. The van der Waals surface area contributed by atoms with E-state index in [2.05, 4.69) is 59.3 Å². The van der Waals surface area contributed by atoms with E-state index in [1.165, 1.54) is 16.7 Å². The third-order valence-corrected chi connectivity index (χ3v) is 6.11. The second-order valence-corrected chi connectivity index (χ2v) is 8.28. The van der Waals surface area contributed by atoms with E-state index in [4.69, 9.17) is 0 Å². The molecule has 0 aliphatic carbocycles. The van der Waals surface area contributed by atoms with E-state index in [0.717, 1.165) is 56.1 Å². The molecule has 160 valence electrons. The average molecular weight is 415 g/mol. The third-order valence-electron chi connectivity index (χ3n) is 6.11. The fraction of sp³-hybridized carbons (Fsp3) is 0.346. The van der Waals surface area contributed by atoms with Crippen LogP contribution in [0, 0.1) is 13.8 Å². The molecular weight excluding hydrogens is 384 g/mol. The maximum absolute atomic E-state index is 12.6. The Bertz CT molecular complexity index is 1010. The van der Waals surface area contributed by atoms with E-state index in [9.17, 15) is 4.79 Å². The van der Waals surface area contributed by atoms with Crippen LogP contribution < -0.4 is 4.90 Å². The van der Waals surface area contributed by atoms with Gasteiger partial charge in [0.05, 0.1) is 5.69 Å². The minimum atomic E-state index is 0.256. The first-order chi connectivity index (χ1) is 15.1. The highest BCUT2D eigenvalue weighted by molar-refractivity contribution is 5.76. The summed E-state index contributed by atoms with van der Waals surface area (Å²) in [6, 6.07) is 20.8. The van der Waals surface area contributed by atoms with Crippen molar-refractivity contribution >= 4 is 11.7 Å². The lowest BCUT2D eigenvalue weighted by Crippen LogP contribution is -2.49. The van der Waals surface area contributed by atoms with E-state index in [0.29, 0.717) is 6.42 Å². The van der Waals surface area contributed by atoms with Crippen molar-refractivity contribution in [2.75, 3.05) is 31.1 Å². The molecule has 1 fully saturated rings. The Morgan fingerprint density at radius 3 is 2.32 bits per heavy atom. The summed E-state index contributed by atoms with van der Waals surface area (Å²) in [6.45, 7) is 7.30. The van der Waals surface area contributed by atoms with Gasteiger partial charge < -0.3 is 9.80 Å². The van der Waals surface area contributed by atoms with E-state index < -0.39 is 0 Å². The van der Waals surface area contributed by atoms with Crippen molar-refractivity contribution in [3.8, 4) is 11.3 Å². The Balaban J connectivity index is 1.27. The summed E-state index contributed by atoms with van der Waals surface area (Å²) < 4.78 is 0. The van der Waals surface area contributed by atoms with Gasteiger partial charge in [-0.1, -0.05) is 42.5 Å². The molecule has 4 rings (SSSR count). The van der Waals surface area contributed by atoms with E-state index in [-0.39, 0.29) is 5.91 Å². The molecule has 1 aromatic heterocycles. The molecule has 2 heterocycles. The Kier molecular flexibility index (Phi) is 6.60. The number of benzene rings is 2. The Labute approximate surface area is 184 Å². The minimum Gasteiger partial charge on any atom is -0.352 e. The topological polar surface area (TPSA) is 49.3 Å². The summed E-state index contributed by atoms with van der Waals surface area (Å²) in [5, 5.41) is 8.90. The van der Waals surface area contributed by atoms with Crippen LogP contribution in [-0.4, -0.2) is 47.2 Å². The number of aromatic nitrogens is 2. The smallest absolute Gasteiger partial charge is 0.222 e. The molecule has 1 saturated heterocycles. The van der Waals surface area contributed by atoms with Gasteiger partial charge in [-0.25, -0.2) is 0 Å². The van der Waals surface area contributed by atoms with Crippen molar-refractivity contribution in [3.05, 3.63) is 77.4 Å². The van der Waals surface area contributed by atoms with Gasteiger partial charge in [-0.05, 0) is 61.6 Å².